The maximum Gasteiger partial charge on any atom is 0.137 e. The van der Waals surface area contributed by atoms with Crippen LogP contribution in [0, 0.1) is 12.7 Å². The van der Waals surface area contributed by atoms with E-state index in [4.69, 9.17) is 5.73 Å². The highest BCUT2D eigenvalue weighted by molar-refractivity contribution is 9.10. The molecule has 2 rings (SSSR count). The minimum absolute atomic E-state index is 0.292. The number of nitrogen functional groups attached to an aromatic ring is 1. The third-order valence-electron chi connectivity index (χ3n) is 2.64. The Balaban J connectivity index is 2.36. The summed E-state index contributed by atoms with van der Waals surface area (Å²) in [7, 11) is 0. The molecular formula is C13H14BrFN4. The van der Waals surface area contributed by atoms with Gasteiger partial charge in [0.25, 0.3) is 0 Å². The van der Waals surface area contributed by atoms with Gasteiger partial charge in [-0.25, -0.2) is 14.4 Å². The molecule has 0 atom stereocenters. The molecule has 0 bridgehead atoms. The first-order valence-corrected chi connectivity index (χ1v) is 6.65. The van der Waals surface area contributed by atoms with Crippen LogP contribution in [0.5, 0.6) is 0 Å². The van der Waals surface area contributed by atoms with Crippen molar-refractivity contribution in [1.29, 1.82) is 0 Å². The Morgan fingerprint density at radius 3 is 2.74 bits per heavy atom. The molecule has 0 aliphatic heterocycles. The number of nitrogens with two attached hydrogens (primary N) is 1. The van der Waals surface area contributed by atoms with Crippen LogP contribution >= 0.6 is 15.9 Å². The molecule has 0 aliphatic carbocycles. The summed E-state index contributed by atoms with van der Waals surface area (Å²) in [5.74, 6) is 1.39. The largest absolute Gasteiger partial charge is 0.384 e. The summed E-state index contributed by atoms with van der Waals surface area (Å²) in [6.07, 6.45) is 0.700. The van der Waals surface area contributed by atoms with Crippen LogP contribution in [0.25, 0.3) is 0 Å². The van der Waals surface area contributed by atoms with Crippen molar-refractivity contribution in [1.82, 2.24) is 9.97 Å². The highest BCUT2D eigenvalue weighted by atomic mass is 79.9. The lowest BCUT2D eigenvalue weighted by Gasteiger charge is -2.11. The number of nitrogens with one attached hydrogen (secondary N) is 1. The van der Waals surface area contributed by atoms with Gasteiger partial charge in [0.05, 0.1) is 4.47 Å². The minimum atomic E-state index is -0.292. The van der Waals surface area contributed by atoms with Gasteiger partial charge >= 0.3 is 0 Å². The number of hydrogen-bond donors (Lipinski definition) is 2. The third kappa shape index (κ3) is 3.20. The van der Waals surface area contributed by atoms with Gasteiger partial charge in [0, 0.05) is 18.2 Å². The molecule has 0 fully saturated rings. The Bertz CT molecular complexity index is 616. The second-order valence-corrected chi connectivity index (χ2v) is 5.01. The molecule has 1 aromatic heterocycles. The quantitative estimate of drug-likeness (QED) is 0.905. The van der Waals surface area contributed by atoms with Crippen LogP contribution in [0.4, 0.5) is 21.7 Å². The van der Waals surface area contributed by atoms with Crippen molar-refractivity contribution >= 4 is 33.3 Å². The number of aromatic nitrogens is 2. The van der Waals surface area contributed by atoms with E-state index >= 15 is 0 Å². The predicted molar refractivity (Wildman–Crippen MR) is 77.9 cm³/mol. The molecule has 3 N–H and O–H groups in total. The summed E-state index contributed by atoms with van der Waals surface area (Å²) in [5.41, 5.74) is 7.28. The smallest absolute Gasteiger partial charge is 0.137 e. The van der Waals surface area contributed by atoms with Gasteiger partial charge in [0.2, 0.25) is 0 Å². The van der Waals surface area contributed by atoms with E-state index < -0.39 is 0 Å². The number of benzene rings is 1. The van der Waals surface area contributed by atoms with Crippen molar-refractivity contribution in [2.24, 2.45) is 0 Å². The van der Waals surface area contributed by atoms with E-state index in [2.05, 4.69) is 31.2 Å². The average molecular weight is 325 g/mol. The minimum Gasteiger partial charge on any atom is -0.384 e. The lowest BCUT2D eigenvalue weighted by Crippen LogP contribution is -2.03. The van der Waals surface area contributed by atoms with Crippen molar-refractivity contribution in [3.8, 4) is 0 Å². The number of anilines is 3. The fourth-order valence-corrected chi connectivity index (χ4v) is 2.00. The summed E-state index contributed by atoms with van der Waals surface area (Å²) in [5, 5.41) is 3.13. The van der Waals surface area contributed by atoms with Gasteiger partial charge in [-0.15, -0.1) is 0 Å². The van der Waals surface area contributed by atoms with Crippen LogP contribution in [0.3, 0.4) is 0 Å². The zero-order valence-electron chi connectivity index (χ0n) is 10.7. The lowest BCUT2D eigenvalue weighted by atomic mass is 10.2. The molecular weight excluding hydrogens is 311 g/mol. The van der Waals surface area contributed by atoms with E-state index in [0.717, 1.165) is 11.3 Å². The van der Waals surface area contributed by atoms with Gasteiger partial charge in [-0.1, -0.05) is 6.92 Å². The SMILES string of the molecule is CCc1nc(N)cc(Nc2cc(Br)c(F)cc2C)n1. The summed E-state index contributed by atoms with van der Waals surface area (Å²) >= 11 is 3.16. The van der Waals surface area contributed by atoms with Crippen LogP contribution in [0.15, 0.2) is 22.7 Å². The molecule has 2 aromatic rings. The second kappa shape index (κ2) is 5.52. The maximum absolute atomic E-state index is 13.4. The fourth-order valence-electron chi connectivity index (χ4n) is 1.66. The van der Waals surface area contributed by atoms with Crippen LogP contribution in [0.2, 0.25) is 0 Å². The van der Waals surface area contributed by atoms with Gasteiger partial charge in [0.1, 0.15) is 23.3 Å². The summed E-state index contributed by atoms with van der Waals surface area (Å²) in [6.45, 7) is 3.78. The Kier molecular flexibility index (Phi) is 3.99. The zero-order chi connectivity index (χ0) is 14.0. The summed E-state index contributed by atoms with van der Waals surface area (Å²) in [6, 6.07) is 4.78. The fraction of sp³-hybridized carbons (Fsp3) is 0.231. The third-order valence-corrected chi connectivity index (χ3v) is 3.25. The first-order chi connectivity index (χ1) is 8.99. The first-order valence-electron chi connectivity index (χ1n) is 5.85. The van der Waals surface area contributed by atoms with E-state index in [1.807, 2.05) is 13.8 Å². The molecule has 1 aromatic carbocycles. The molecule has 0 saturated heterocycles. The van der Waals surface area contributed by atoms with Gasteiger partial charge < -0.3 is 11.1 Å². The average Bonchev–Trinajstić information content (AvgIpc) is 2.35. The van der Waals surface area contributed by atoms with Gasteiger partial charge in [0.15, 0.2) is 0 Å². The molecule has 19 heavy (non-hydrogen) atoms. The molecule has 0 saturated carbocycles. The lowest BCUT2D eigenvalue weighted by molar-refractivity contribution is 0.620. The van der Waals surface area contributed by atoms with E-state index in [9.17, 15) is 4.39 Å². The number of aryl methyl sites for hydroxylation is 2. The number of rotatable bonds is 3. The van der Waals surface area contributed by atoms with Crippen molar-refractivity contribution in [3.05, 3.63) is 39.9 Å². The van der Waals surface area contributed by atoms with Crippen molar-refractivity contribution in [2.45, 2.75) is 20.3 Å². The van der Waals surface area contributed by atoms with Crippen LogP contribution < -0.4 is 11.1 Å². The van der Waals surface area contributed by atoms with Crippen molar-refractivity contribution in [3.63, 3.8) is 0 Å². The molecule has 0 radical (unpaired) electrons. The first kappa shape index (κ1) is 13.7. The highest BCUT2D eigenvalue weighted by Crippen LogP contribution is 2.26. The number of hydrogen-bond acceptors (Lipinski definition) is 4. The molecule has 0 unspecified atom stereocenters. The molecule has 0 aliphatic rings. The topological polar surface area (TPSA) is 63.8 Å². The van der Waals surface area contributed by atoms with Crippen LogP contribution in [-0.4, -0.2) is 9.97 Å². The van der Waals surface area contributed by atoms with Crippen molar-refractivity contribution < 1.29 is 4.39 Å². The number of nitrogens with zero attached hydrogens (tertiary/aromatic N) is 2. The van der Waals surface area contributed by atoms with E-state index in [1.54, 1.807) is 12.1 Å². The molecule has 0 spiro atoms. The summed E-state index contributed by atoms with van der Waals surface area (Å²) < 4.78 is 13.8. The summed E-state index contributed by atoms with van der Waals surface area (Å²) in [4.78, 5) is 8.43. The Morgan fingerprint density at radius 2 is 2.05 bits per heavy atom. The number of halogens is 2. The molecule has 6 heteroatoms. The van der Waals surface area contributed by atoms with Gasteiger partial charge in [-0.05, 0) is 40.5 Å². The normalized spacial score (nSPS) is 10.5. The standard InChI is InChI=1S/C13H14BrFN4/c1-3-12-18-11(16)6-13(19-12)17-10-5-8(14)9(15)4-7(10)2/h4-6H,3H2,1-2H3,(H3,16,17,18,19). The molecule has 1 heterocycles. The second-order valence-electron chi connectivity index (χ2n) is 4.15. The van der Waals surface area contributed by atoms with Crippen molar-refractivity contribution in [2.75, 3.05) is 11.1 Å². The van der Waals surface area contributed by atoms with E-state index in [0.29, 0.717) is 28.4 Å². The van der Waals surface area contributed by atoms with Gasteiger partial charge in [-0.3, -0.25) is 0 Å². The Labute approximate surface area is 119 Å². The van der Waals surface area contributed by atoms with E-state index in [-0.39, 0.29) is 5.82 Å². The maximum atomic E-state index is 13.4. The highest BCUT2D eigenvalue weighted by Gasteiger charge is 2.07. The van der Waals surface area contributed by atoms with Crippen LogP contribution in [0.1, 0.15) is 18.3 Å². The van der Waals surface area contributed by atoms with E-state index in [1.165, 1.54) is 6.07 Å². The molecule has 0 amide bonds. The Hall–Kier alpha value is -1.69. The monoisotopic (exact) mass is 324 g/mol. The zero-order valence-corrected chi connectivity index (χ0v) is 12.3. The Morgan fingerprint density at radius 1 is 1.32 bits per heavy atom. The predicted octanol–water partition coefficient (Wildman–Crippen LogP) is 3.57. The van der Waals surface area contributed by atoms with Gasteiger partial charge in [-0.2, -0.15) is 0 Å². The molecule has 4 nitrogen and oxygen atoms in total. The molecule has 100 valence electrons. The van der Waals surface area contributed by atoms with Crippen LogP contribution in [-0.2, 0) is 6.42 Å².